The molecule has 0 fully saturated rings. The minimum Gasteiger partial charge on any atom is -0.756 e. The number of phosphoric ester groups is 1. The molecule has 0 aromatic rings. The lowest BCUT2D eigenvalue weighted by Crippen LogP contribution is -2.46. The van der Waals surface area contributed by atoms with E-state index in [9.17, 15) is 19.4 Å². The third-order valence-electron chi connectivity index (χ3n) is 14.4. The Morgan fingerprint density at radius 3 is 1.18 bits per heavy atom. The van der Waals surface area contributed by atoms with Crippen molar-refractivity contribution < 1.29 is 32.9 Å². The summed E-state index contributed by atoms with van der Waals surface area (Å²) in [5.41, 5.74) is 0. The fourth-order valence-electron chi connectivity index (χ4n) is 9.54. The van der Waals surface area contributed by atoms with Crippen LogP contribution >= 0.6 is 7.82 Å². The zero-order valence-corrected chi connectivity index (χ0v) is 49.1. The minimum absolute atomic E-state index is 0.0117. The van der Waals surface area contributed by atoms with Crippen LogP contribution in [0.2, 0.25) is 0 Å². The lowest BCUT2D eigenvalue weighted by Gasteiger charge is -2.30. The molecule has 0 aromatic carbocycles. The fraction of sp³-hybridized carbons (Fsp3) is 0.919. The number of rotatable bonds is 58. The molecule has 0 heterocycles. The van der Waals surface area contributed by atoms with Gasteiger partial charge in [0.05, 0.1) is 39.9 Å². The van der Waals surface area contributed by atoms with Gasteiger partial charge in [-0.05, 0) is 44.9 Å². The highest BCUT2D eigenvalue weighted by Gasteiger charge is 2.24. The van der Waals surface area contributed by atoms with E-state index in [0.717, 1.165) is 51.4 Å². The number of carbonyl (C=O) groups excluding carboxylic acids is 1. The average Bonchev–Trinajstić information content (AvgIpc) is 3.33. The van der Waals surface area contributed by atoms with Crippen LogP contribution in [0.25, 0.3) is 0 Å². The van der Waals surface area contributed by atoms with Gasteiger partial charge in [-0.15, -0.1) is 0 Å². The van der Waals surface area contributed by atoms with Crippen LogP contribution in [0.1, 0.15) is 316 Å². The third kappa shape index (κ3) is 56.5. The van der Waals surface area contributed by atoms with Gasteiger partial charge in [0.1, 0.15) is 13.2 Å². The van der Waals surface area contributed by atoms with E-state index in [1.54, 1.807) is 0 Å². The van der Waals surface area contributed by atoms with Crippen molar-refractivity contribution in [3.05, 3.63) is 24.3 Å². The molecule has 1 amide bonds. The van der Waals surface area contributed by atoms with Crippen LogP contribution < -0.4 is 10.2 Å². The molecule has 3 unspecified atom stereocenters. The van der Waals surface area contributed by atoms with Crippen LogP contribution in [0.3, 0.4) is 0 Å². The molecule has 71 heavy (non-hydrogen) atoms. The molecule has 0 aromatic heterocycles. The van der Waals surface area contributed by atoms with Crippen LogP contribution in [0, 0.1) is 0 Å². The molecular formula is C62H123N2O6P. The number of allylic oxidation sites excluding steroid dienone is 4. The van der Waals surface area contributed by atoms with Gasteiger partial charge in [0.2, 0.25) is 5.91 Å². The molecular weight excluding hydrogens is 900 g/mol. The van der Waals surface area contributed by atoms with Crippen molar-refractivity contribution in [1.29, 1.82) is 0 Å². The van der Waals surface area contributed by atoms with Crippen molar-refractivity contribution in [3.8, 4) is 0 Å². The second kappa shape index (κ2) is 53.8. The zero-order chi connectivity index (χ0) is 52.0. The number of carbonyl (C=O) groups is 1. The maximum atomic E-state index is 13.0. The van der Waals surface area contributed by atoms with Gasteiger partial charge in [0.15, 0.2) is 0 Å². The molecule has 8 nitrogen and oxygen atoms in total. The van der Waals surface area contributed by atoms with Crippen molar-refractivity contribution >= 4 is 13.7 Å². The lowest BCUT2D eigenvalue weighted by atomic mass is 10.0. The summed E-state index contributed by atoms with van der Waals surface area (Å²) in [5.74, 6) is -0.168. The monoisotopic (exact) mass is 1020 g/mol. The summed E-state index contributed by atoms with van der Waals surface area (Å²) in [6.45, 7) is 4.74. The number of amides is 1. The van der Waals surface area contributed by atoms with Gasteiger partial charge >= 0.3 is 0 Å². The molecule has 0 aliphatic carbocycles. The van der Waals surface area contributed by atoms with Crippen molar-refractivity contribution in [1.82, 2.24) is 5.32 Å². The Labute approximate surface area is 443 Å². The van der Waals surface area contributed by atoms with E-state index < -0.39 is 20.0 Å². The summed E-state index contributed by atoms with van der Waals surface area (Å²) >= 11 is 0. The Bertz CT molecular complexity index is 1210. The number of nitrogens with one attached hydrogen (secondary N) is 1. The highest BCUT2D eigenvalue weighted by molar-refractivity contribution is 7.45. The predicted octanol–water partition coefficient (Wildman–Crippen LogP) is 18.5. The van der Waals surface area contributed by atoms with Crippen molar-refractivity contribution in [2.24, 2.45) is 0 Å². The highest BCUT2D eigenvalue weighted by atomic mass is 31.2. The van der Waals surface area contributed by atoms with Gasteiger partial charge in [-0.1, -0.05) is 289 Å². The minimum atomic E-state index is -4.58. The summed E-state index contributed by atoms with van der Waals surface area (Å²) in [6.07, 6.45) is 68.0. The molecule has 0 aliphatic heterocycles. The molecule has 0 bridgehead atoms. The first-order chi connectivity index (χ1) is 34.5. The molecule has 422 valence electrons. The van der Waals surface area contributed by atoms with Crippen LogP contribution in [-0.4, -0.2) is 68.5 Å². The SMILES string of the molecule is CCCCCC/C=C\C/C=C\CCCCCCCCCC(=O)NC(COP(=O)([O-])OCC[N+](C)(C)C)C(O)CCCCCCCCCCCCCCCCCCCCCCCCCCCCCCCCC. The molecule has 0 saturated heterocycles. The van der Waals surface area contributed by atoms with Crippen molar-refractivity contribution in [3.63, 3.8) is 0 Å². The van der Waals surface area contributed by atoms with Crippen molar-refractivity contribution in [2.75, 3.05) is 40.9 Å². The molecule has 0 spiro atoms. The summed E-state index contributed by atoms with van der Waals surface area (Å²) in [4.78, 5) is 25.5. The quantitative estimate of drug-likeness (QED) is 0.0272. The molecule has 0 radical (unpaired) electrons. The molecule has 0 saturated carbocycles. The number of likely N-dealkylation sites (N-methyl/N-ethyl adjacent to an activating group) is 1. The Balaban J connectivity index is 4.04. The van der Waals surface area contributed by atoms with Gasteiger partial charge in [0.25, 0.3) is 7.82 Å². The van der Waals surface area contributed by atoms with Gasteiger partial charge < -0.3 is 28.8 Å². The Kier molecular flexibility index (Phi) is 53.0. The van der Waals surface area contributed by atoms with Gasteiger partial charge in [-0.3, -0.25) is 9.36 Å². The summed E-state index contributed by atoms with van der Waals surface area (Å²) < 4.78 is 23.4. The van der Waals surface area contributed by atoms with E-state index in [0.29, 0.717) is 23.9 Å². The van der Waals surface area contributed by atoms with Crippen LogP contribution in [0.4, 0.5) is 0 Å². The number of nitrogens with zero attached hydrogens (tertiary/aromatic N) is 1. The molecule has 0 rings (SSSR count). The second-order valence-electron chi connectivity index (χ2n) is 22.8. The maximum absolute atomic E-state index is 13.0. The van der Waals surface area contributed by atoms with Crippen LogP contribution in [-0.2, 0) is 18.4 Å². The standard InChI is InChI=1S/C62H123N2O6P/c1-6-8-10-12-14-16-18-20-22-24-26-27-28-29-30-31-32-33-34-35-36-37-38-39-41-43-45-47-49-51-53-55-61(65)60(59-70-71(67,68)69-58-57-64(3,4)5)63-62(66)56-54-52-50-48-46-44-42-40-25-23-21-19-17-15-13-11-9-7-2/h17,19,23,25,60-61,65H,6-16,18,20-22,24,26-59H2,1-5H3,(H-,63,66,67,68)/b19-17-,25-23-. The van der Waals surface area contributed by atoms with E-state index in [2.05, 4.69) is 43.5 Å². The van der Waals surface area contributed by atoms with E-state index >= 15 is 0 Å². The maximum Gasteiger partial charge on any atom is 0.268 e. The molecule has 0 aliphatic rings. The first-order valence-electron chi connectivity index (χ1n) is 31.2. The van der Waals surface area contributed by atoms with Crippen LogP contribution in [0.15, 0.2) is 24.3 Å². The lowest BCUT2D eigenvalue weighted by molar-refractivity contribution is -0.870. The Hall–Kier alpha value is -1.02. The number of aliphatic hydroxyl groups excluding tert-OH is 1. The predicted molar refractivity (Wildman–Crippen MR) is 307 cm³/mol. The number of hydrogen-bond acceptors (Lipinski definition) is 6. The Morgan fingerprint density at radius 1 is 0.493 bits per heavy atom. The largest absolute Gasteiger partial charge is 0.756 e. The molecule has 2 N–H and O–H groups in total. The highest BCUT2D eigenvalue weighted by Crippen LogP contribution is 2.38. The molecule has 3 atom stereocenters. The normalized spacial score (nSPS) is 14.0. The van der Waals surface area contributed by atoms with Gasteiger partial charge in [-0.25, -0.2) is 0 Å². The summed E-state index contributed by atoms with van der Waals surface area (Å²) in [5, 5.41) is 14.0. The van der Waals surface area contributed by atoms with Gasteiger partial charge in [-0.2, -0.15) is 0 Å². The number of quaternary nitrogens is 1. The smallest absolute Gasteiger partial charge is 0.268 e. The van der Waals surface area contributed by atoms with E-state index in [4.69, 9.17) is 9.05 Å². The van der Waals surface area contributed by atoms with Gasteiger partial charge in [0, 0.05) is 6.42 Å². The number of phosphoric acid groups is 1. The number of unbranched alkanes of at least 4 members (excludes halogenated alkanes) is 41. The van der Waals surface area contributed by atoms with E-state index in [1.165, 1.54) is 238 Å². The third-order valence-corrected chi connectivity index (χ3v) is 15.4. The number of aliphatic hydroxyl groups is 1. The topological polar surface area (TPSA) is 108 Å². The average molecular weight is 1020 g/mol. The van der Waals surface area contributed by atoms with E-state index in [-0.39, 0.29) is 19.1 Å². The first kappa shape index (κ1) is 70.0. The summed E-state index contributed by atoms with van der Waals surface area (Å²) in [6, 6.07) is -0.805. The zero-order valence-electron chi connectivity index (χ0n) is 48.2. The van der Waals surface area contributed by atoms with Crippen LogP contribution in [0.5, 0.6) is 0 Å². The second-order valence-corrected chi connectivity index (χ2v) is 24.2. The molecule has 9 heteroatoms. The Morgan fingerprint density at radius 2 is 0.817 bits per heavy atom. The first-order valence-corrected chi connectivity index (χ1v) is 32.6. The fourth-order valence-corrected chi connectivity index (χ4v) is 10.3. The van der Waals surface area contributed by atoms with Crippen molar-refractivity contribution in [2.45, 2.75) is 328 Å². The van der Waals surface area contributed by atoms with E-state index in [1.807, 2.05) is 21.1 Å². The number of hydrogen-bond donors (Lipinski definition) is 2. The summed E-state index contributed by atoms with van der Waals surface area (Å²) in [7, 11) is 1.31.